The standard InChI is InChI=1S/C23H20O7S2/c1-31(25,26)15-11-12-21(22(13-15)32(2,27)28)30-23(24)29-14-20-18-9-5-3-7-16(18)17-8-4-6-10-19(17)20/h3-13,20H,14H2,1-2H3. The van der Waals surface area contributed by atoms with Gasteiger partial charge in [0.2, 0.25) is 0 Å². The van der Waals surface area contributed by atoms with Crippen LogP contribution in [0.2, 0.25) is 0 Å². The van der Waals surface area contributed by atoms with Crippen LogP contribution in [0.3, 0.4) is 0 Å². The second kappa shape index (κ2) is 8.07. The molecule has 0 unspecified atom stereocenters. The molecule has 32 heavy (non-hydrogen) atoms. The van der Waals surface area contributed by atoms with Gasteiger partial charge >= 0.3 is 6.16 Å². The molecule has 0 fully saturated rings. The molecule has 0 amide bonds. The first kappa shape index (κ1) is 22.0. The Kier molecular flexibility index (Phi) is 5.56. The van der Waals surface area contributed by atoms with Gasteiger partial charge in [-0.3, -0.25) is 0 Å². The molecule has 0 saturated carbocycles. The fourth-order valence-corrected chi connectivity index (χ4v) is 5.34. The van der Waals surface area contributed by atoms with Gasteiger partial charge in [0, 0.05) is 18.4 Å². The van der Waals surface area contributed by atoms with Crippen LogP contribution in [-0.2, 0) is 24.4 Å². The van der Waals surface area contributed by atoms with Crippen molar-refractivity contribution in [2.45, 2.75) is 15.7 Å². The molecule has 3 aromatic carbocycles. The van der Waals surface area contributed by atoms with E-state index in [0.717, 1.165) is 46.9 Å². The van der Waals surface area contributed by atoms with Crippen LogP contribution in [0.4, 0.5) is 4.79 Å². The van der Waals surface area contributed by atoms with Crippen molar-refractivity contribution in [1.29, 1.82) is 0 Å². The van der Waals surface area contributed by atoms with Gasteiger partial charge in [-0.25, -0.2) is 21.6 Å². The Bertz CT molecular complexity index is 1380. The molecule has 1 aliphatic carbocycles. The SMILES string of the molecule is CS(=O)(=O)c1ccc(OC(=O)OCC2c3ccccc3-c3ccccc32)c(S(C)(=O)=O)c1. The molecule has 166 valence electrons. The van der Waals surface area contributed by atoms with E-state index in [1.54, 1.807) is 0 Å². The van der Waals surface area contributed by atoms with E-state index in [-0.39, 0.29) is 23.2 Å². The highest BCUT2D eigenvalue weighted by atomic mass is 32.2. The Labute approximate surface area is 186 Å². The van der Waals surface area contributed by atoms with Crippen LogP contribution in [0.1, 0.15) is 17.0 Å². The number of sulfone groups is 2. The molecule has 0 radical (unpaired) electrons. The highest BCUT2D eigenvalue weighted by molar-refractivity contribution is 7.91. The molecule has 7 nitrogen and oxygen atoms in total. The summed E-state index contributed by atoms with van der Waals surface area (Å²) in [5.74, 6) is -0.478. The van der Waals surface area contributed by atoms with Crippen LogP contribution in [0.25, 0.3) is 11.1 Å². The zero-order chi connectivity index (χ0) is 23.1. The van der Waals surface area contributed by atoms with E-state index in [4.69, 9.17) is 9.47 Å². The van der Waals surface area contributed by atoms with Crippen LogP contribution in [0.15, 0.2) is 76.5 Å². The van der Waals surface area contributed by atoms with Crippen molar-refractivity contribution >= 4 is 25.8 Å². The topological polar surface area (TPSA) is 104 Å². The van der Waals surface area contributed by atoms with Crippen molar-refractivity contribution < 1.29 is 31.1 Å². The molecule has 0 heterocycles. The third-order valence-corrected chi connectivity index (χ3v) is 7.49. The van der Waals surface area contributed by atoms with Crippen molar-refractivity contribution in [2.75, 3.05) is 19.1 Å². The van der Waals surface area contributed by atoms with Gasteiger partial charge in [-0.05, 0) is 40.5 Å². The van der Waals surface area contributed by atoms with E-state index in [9.17, 15) is 21.6 Å². The van der Waals surface area contributed by atoms with E-state index < -0.39 is 30.7 Å². The lowest BCUT2D eigenvalue weighted by Gasteiger charge is -2.15. The Morgan fingerprint density at radius 1 is 0.812 bits per heavy atom. The lowest BCUT2D eigenvalue weighted by molar-refractivity contribution is 0.0955. The summed E-state index contributed by atoms with van der Waals surface area (Å²) in [6.07, 6.45) is 0.781. The highest BCUT2D eigenvalue weighted by Crippen LogP contribution is 2.44. The van der Waals surface area contributed by atoms with Gasteiger partial charge in [0.25, 0.3) is 0 Å². The van der Waals surface area contributed by atoms with Gasteiger partial charge in [-0.1, -0.05) is 48.5 Å². The van der Waals surface area contributed by atoms with Crippen molar-refractivity contribution in [1.82, 2.24) is 0 Å². The number of hydrogen-bond acceptors (Lipinski definition) is 7. The van der Waals surface area contributed by atoms with Crippen molar-refractivity contribution in [3.63, 3.8) is 0 Å². The Hall–Kier alpha value is -3.17. The third kappa shape index (κ3) is 4.26. The van der Waals surface area contributed by atoms with Crippen LogP contribution < -0.4 is 4.74 Å². The molecular weight excluding hydrogens is 452 g/mol. The molecule has 0 aromatic heterocycles. The second-order valence-electron chi connectivity index (χ2n) is 7.54. The van der Waals surface area contributed by atoms with E-state index in [2.05, 4.69) is 0 Å². The Balaban J connectivity index is 1.56. The maximum Gasteiger partial charge on any atom is 0.513 e. The Morgan fingerprint density at radius 2 is 1.38 bits per heavy atom. The fraction of sp³-hybridized carbons (Fsp3) is 0.174. The maximum atomic E-state index is 12.4. The summed E-state index contributed by atoms with van der Waals surface area (Å²) in [6.45, 7) is 0.00247. The minimum atomic E-state index is -3.87. The predicted octanol–water partition coefficient (Wildman–Crippen LogP) is 3.82. The fourth-order valence-electron chi connectivity index (χ4n) is 3.80. The lowest BCUT2D eigenvalue weighted by Crippen LogP contribution is -2.17. The summed E-state index contributed by atoms with van der Waals surface area (Å²) in [4.78, 5) is 11.8. The van der Waals surface area contributed by atoms with Crippen molar-refractivity contribution in [3.05, 3.63) is 77.9 Å². The number of fused-ring (bicyclic) bond motifs is 3. The van der Waals surface area contributed by atoms with E-state index >= 15 is 0 Å². The molecule has 0 spiro atoms. The molecule has 4 rings (SSSR count). The molecule has 1 aliphatic rings. The minimum absolute atomic E-state index is 0.00247. The minimum Gasteiger partial charge on any atom is -0.433 e. The zero-order valence-electron chi connectivity index (χ0n) is 17.3. The lowest BCUT2D eigenvalue weighted by atomic mass is 9.98. The van der Waals surface area contributed by atoms with E-state index in [1.807, 2.05) is 48.5 Å². The van der Waals surface area contributed by atoms with Gasteiger partial charge in [0.1, 0.15) is 11.5 Å². The van der Waals surface area contributed by atoms with Crippen LogP contribution in [0, 0.1) is 0 Å². The molecular formula is C23H20O7S2. The molecule has 9 heteroatoms. The predicted molar refractivity (Wildman–Crippen MR) is 118 cm³/mol. The highest BCUT2D eigenvalue weighted by Gasteiger charge is 2.29. The molecule has 0 saturated heterocycles. The summed E-state index contributed by atoms with van der Waals surface area (Å²) in [6, 6.07) is 19.0. The number of ether oxygens (including phenoxy) is 2. The summed E-state index contributed by atoms with van der Waals surface area (Å²) in [5, 5.41) is 0. The molecule has 0 aliphatic heterocycles. The van der Waals surface area contributed by atoms with Gasteiger partial charge in [0.15, 0.2) is 25.4 Å². The first-order chi connectivity index (χ1) is 15.1. The van der Waals surface area contributed by atoms with Crippen molar-refractivity contribution in [2.24, 2.45) is 0 Å². The average molecular weight is 473 g/mol. The second-order valence-corrected chi connectivity index (χ2v) is 11.5. The molecule has 0 atom stereocenters. The summed E-state index contributed by atoms with van der Waals surface area (Å²) in [7, 11) is -7.51. The number of hydrogen-bond donors (Lipinski definition) is 0. The quantitative estimate of drug-likeness (QED) is 0.411. The Morgan fingerprint density at radius 3 is 1.91 bits per heavy atom. The third-order valence-electron chi connectivity index (χ3n) is 5.27. The zero-order valence-corrected chi connectivity index (χ0v) is 18.9. The normalized spacial score (nSPS) is 13.3. The summed E-state index contributed by atoms with van der Waals surface area (Å²) < 4.78 is 58.3. The molecule has 3 aromatic rings. The smallest absolute Gasteiger partial charge is 0.433 e. The number of benzene rings is 3. The average Bonchev–Trinajstić information content (AvgIpc) is 3.05. The van der Waals surface area contributed by atoms with Crippen LogP contribution in [0.5, 0.6) is 5.75 Å². The maximum absolute atomic E-state index is 12.4. The largest absolute Gasteiger partial charge is 0.513 e. The number of carbonyl (C=O) groups excluding carboxylic acids is 1. The molecule has 0 bridgehead atoms. The molecule has 0 N–H and O–H groups in total. The van der Waals surface area contributed by atoms with E-state index in [1.165, 1.54) is 6.07 Å². The van der Waals surface area contributed by atoms with Gasteiger partial charge in [0.05, 0.1) is 4.90 Å². The first-order valence-corrected chi connectivity index (χ1v) is 13.4. The summed E-state index contributed by atoms with van der Waals surface area (Å²) in [5.41, 5.74) is 4.19. The van der Waals surface area contributed by atoms with Crippen LogP contribution >= 0.6 is 0 Å². The van der Waals surface area contributed by atoms with Gasteiger partial charge in [-0.15, -0.1) is 0 Å². The summed E-state index contributed by atoms with van der Waals surface area (Å²) >= 11 is 0. The monoisotopic (exact) mass is 472 g/mol. The van der Waals surface area contributed by atoms with E-state index in [0.29, 0.717) is 0 Å². The van der Waals surface area contributed by atoms with Crippen LogP contribution in [-0.4, -0.2) is 42.1 Å². The number of rotatable bonds is 5. The van der Waals surface area contributed by atoms with Crippen molar-refractivity contribution in [3.8, 4) is 16.9 Å². The van der Waals surface area contributed by atoms with Gasteiger partial charge in [-0.2, -0.15) is 0 Å². The van der Waals surface area contributed by atoms with Gasteiger partial charge < -0.3 is 9.47 Å². The first-order valence-electron chi connectivity index (χ1n) is 9.62. The number of carbonyl (C=O) groups is 1.